The van der Waals surface area contributed by atoms with Gasteiger partial charge in [-0.1, -0.05) is 0 Å². The standard InChI is InChI=1S/C8H11N3O2/c1-11-6-2-3-9-4-5(6)7(12)10-8(11)13/h9H,2-4H2,1H3,(H,10,12,13). The summed E-state index contributed by atoms with van der Waals surface area (Å²) >= 11 is 0. The summed E-state index contributed by atoms with van der Waals surface area (Å²) in [7, 11) is 1.68. The van der Waals surface area contributed by atoms with E-state index in [9.17, 15) is 9.59 Å². The first-order chi connectivity index (χ1) is 6.20. The highest BCUT2D eigenvalue weighted by atomic mass is 16.2. The molecule has 0 spiro atoms. The lowest BCUT2D eigenvalue weighted by Gasteiger charge is -2.17. The first-order valence-corrected chi connectivity index (χ1v) is 4.22. The summed E-state index contributed by atoms with van der Waals surface area (Å²) in [5.74, 6) is 0. The Morgan fingerprint density at radius 2 is 2.15 bits per heavy atom. The molecule has 2 heterocycles. The van der Waals surface area contributed by atoms with Crippen LogP contribution in [0.3, 0.4) is 0 Å². The van der Waals surface area contributed by atoms with E-state index in [2.05, 4.69) is 10.3 Å². The minimum atomic E-state index is -0.328. The number of aromatic nitrogens is 2. The van der Waals surface area contributed by atoms with E-state index in [0.717, 1.165) is 18.7 Å². The molecular weight excluding hydrogens is 170 g/mol. The molecule has 1 aliphatic rings. The molecule has 0 atom stereocenters. The van der Waals surface area contributed by atoms with E-state index >= 15 is 0 Å². The maximum Gasteiger partial charge on any atom is 0.328 e. The van der Waals surface area contributed by atoms with Crippen LogP contribution >= 0.6 is 0 Å². The number of nitrogens with one attached hydrogen (secondary N) is 2. The second-order valence-corrected chi connectivity index (χ2v) is 3.17. The van der Waals surface area contributed by atoms with E-state index in [1.54, 1.807) is 7.05 Å². The maximum atomic E-state index is 11.3. The number of nitrogens with zero attached hydrogens (tertiary/aromatic N) is 1. The number of aromatic amines is 1. The van der Waals surface area contributed by atoms with Gasteiger partial charge in [0.1, 0.15) is 0 Å². The Bertz CT molecular complexity index is 444. The SMILES string of the molecule is Cn1c2c(c(=O)[nH]c1=O)CNCC2. The first-order valence-electron chi connectivity index (χ1n) is 4.22. The van der Waals surface area contributed by atoms with Crippen LogP contribution in [0.4, 0.5) is 0 Å². The van der Waals surface area contributed by atoms with Crippen LogP contribution in [0.2, 0.25) is 0 Å². The zero-order valence-corrected chi connectivity index (χ0v) is 7.39. The fraction of sp³-hybridized carbons (Fsp3) is 0.500. The third-order valence-corrected chi connectivity index (χ3v) is 2.39. The summed E-state index contributed by atoms with van der Waals surface area (Å²) < 4.78 is 1.51. The van der Waals surface area contributed by atoms with Crippen LogP contribution in [-0.4, -0.2) is 16.1 Å². The van der Waals surface area contributed by atoms with Crippen LogP contribution in [0.15, 0.2) is 9.59 Å². The molecule has 0 radical (unpaired) electrons. The van der Waals surface area contributed by atoms with Crippen LogP contribution in [0.1, 0.15) is 11.3 Å². The van der Waals surface area contributed by atoms with Crippen molar-refractivity contribution < 1.29 is 0 Å². The van der Waals surface area contributed by atoms with Crippen molar-refractivity contribution >= 4 is 0 Å². The highest BCUT2D eigenvalue weighted by Gasteiger charge is 2.15. The van der Waals surface area contributed by atoms with Gasteiger partial charge in [0.15, 0.2) is 0 Å². The lowest BCUT2D eigenvalue weighted by Crippen LogP contribution is -2.39. The minimum Gasteiger partial charge on any atom is -0.312 e. The van der Waals surface area contributed by atoms with Gasteiger partial charge in [0.2, 0.25) is 0 Å². The van der Waals surface area contributed by atoms with Crippen molar-refractivity contribution in [2.24, 2.45) is 7.05 Å². The van der Waals surface area contributed by atoms with Crippen molar-refractivity contribution in [3.05, 3.63) is 32.1 Å². The molecule has 1 aromatic heterocycles. The molecule has 1 aliphatic heterocycles. The van der Waals surface area contributed by atoms with Crippen LogP contribution in [0.5, 0.6) is 0 Å². The topological polar surface area (TPSA) is 66.9 Å². The minimum absolute atomic E-state index is 0.259. The lowest BCUT2D eigenvalue weighted by molar-refractivity contribution is 0.580. The van der Waals surface area contributed by atoms with Gasteiger partial charge in [-0.3, -0.25) is 9.78 Å². The Labute approximate surface area is 74.4 Å². The Kier molecular flexibility index (Phi) is 1.81. The van der Waals surface area contributed by atoms with Gasteiger partial charge in [-0.25, -0.2) is 4.79 Å². The molecule has 0 unspecified atom stereocenters. The molecule has 0 fully saturated rings. The Balaban J connectivity index is 2.77. The van der Waals surface area contributed by atoms with Crippen molar-refractivity contribution in [1.29, 1.82) is 0 Å². The average molecular weight is 181 g/mol. The van der Waals surface area contributed by atoms with E-state index in [1.807, 2.05) is 0 Å². The van der Waals surface area contributed by atoms with Crippen molar-refractivity contribution in [2.45, 2.75) is 13.0 Å². The molecule has 0 amide bonds. The molecule has 0 saturated heterocycles. The quantitative estimate of drug-likeness (QED) is 0.524. The fourth-order valence-electron chi connectivity index (χ4n) is 1.63. The van der Waals surface area contributed by atoms with Gasteiger partial charge >= 0.3 is 5.69 Å². The van der Waals surface area contributed by atoms with Crippen molar-refractivity contribution in [1.82, 2.24) is 14.9 Å². The largest absolute Gasteiger partial charge is 0.328 e. The number of fused-ring (bicyclic) bond motifs is 1. The second kappa shape index (κ2) is 2.85. The molecule has 0 saturated carbocycles. The molecule has 5 nitrogen and oxygen atoms in total. The summed E-state index contributed by atoms with van der Waals surface area (Å²) in [6.07, 6.45) is 0.741. The monoisotopic (exact) mass is 181 g/mol. The predicted molar refractivity (Wildman–Crippen MR) is 47.7 cm³/mol. The molecule has 0 aliphatic carbocycles. The fourth-order valence-corrected chi connectivity index (χ4v) is 1.63. The first kappa shape index (κ1) is 8.25. The predicted octanol–water partition coefficient (Wildman–Crippen LogP) is -1.28. The summed E-state index contributed by atoms with van der Waals surface area (Å²) in [5.41, 5.74) is 0.955. The van der Waals surface area contributed by atoms with Crippen LogP contribution < -0.4 is 16.6 Å². The molecule has 0 bridgehead atoms. The molecule has 70 valence electrons. The molecule has 0 aromatic carbocycles. The van der Waals surface area contributed by atoms with E-state index in [4.69, 9.17) is 0 Å². The third-order valence-electron chi connectivity index (χ3n) is 2.39. The van der Waals surface area contributed by atoms with Gasteiger partial charge in [-0.2, -0.15) is 0 Å². The third kappa shape index (κ3) is 1.21. The van der Waals surface area contributed by atoms with E-state index in [-0.39, 0.29) is 11.2 Å². The van der Waals surface area contributed by atoms with Crippen LogP contribution in [0, 0.1) is 0 Å². The molecule has 2 rings (SSSR count). The summed E-state index contributed by atoms with van der Waals surface area (Å²) in [6, 6.07) is 0. The number of H-pyrrole nitrogens is 1. The normalized spacial score (nSPS) is 15.5. The van der Waals surface area contributed by atoms with Crippen molar-refractivity contribution in [3.63, 3.8) is 0 Å². The number of hydrogen-bond acceptors (Lipinski definition) is 3. The summed E-state index contributed by atoms with van der Waals surface area (Å²) in [6.45, 7) is 1.38. The maximum absolute atomic E-state index is 11.3. The van der Waals surface area contributed by atoms with Gasteiger partial charge in [0.05, 0.1) is 5.56 Å². The Morgan fingerprint density at radius 3 is 2.92 bits per heavy atom. The molecule has 5 heteroatoms. The number of rotatable bonds is 0. The van der Waals surface area contributed by atoms with Crippen molar-refractivity contribution in [2.75, 3.05) is 6.54 Å². The summed E-state index contributed by atoms with van der Waals surface area (Å²) in [5, 5.41) is 3.09. The molecule has 13 heavy (non-hydrogen) atoms. The number of hydrogen-bond donors (Lipinski definition) is 2. The zero-order chi connectivity index (χ0) is 9.42. The molecule has 2 N–H and O–H groups in total. The van der Waals surface area contributed by atoms with Gasteiger partial charge in [-0.05, 0) is 0 Å². The highest BCUT2D eigenvalue weighted by molar-refractivity contribution is 5.19. The Morgan fingerprint density at radius 1 is 1.38 bits per heavy atom. The molecule has 1 aromatic rings. The van der Waals surface area contributed by atoms with E-state index < -0.39 is 0 Å². The van der Waals surface area contributed by atoms with E-state index in [1.165, 1.54) is 4.57 Å². The lowest BCUT2D eigenvalue weighted by atomic mass is 10.1. The van der Waals surface area contributed by atoms with Gasteiger partial charge in [-0.15, -0.1) is 0 Å². The summed E-state index contributed by atoms with van der Waals surface area (Å²) in [4.78, 5) is 24.8. The van der Waals surface area contributed by atoms with Crippen LogP contribution in [-0.2, 0) is 20.0 Å². The van der Waals surface area contributed by atoms with Gasteiger partial charge < -0.3 is 9.88 Å². The average Bonchev–Trinajstić information content (AvgIpc) is 2.15. The highest BCUT2D eigenvalue weighted by Crippen LogP contribution is 2.04. The van der Waals surface area contributed by atoms with Crippen LogP contribution in [0.25, 0.3) is 0 Å². The van der Waals surface area contributed by atoms with E-state index in [0.29, 0.717) is 12.1 Å². The smallest absolute Gasteiger partial charge is 0.312 e. The molecular formula is C8H11N3O2. The van der Waals surface area contributed by atoms with Crippen molar-refractivity contribution in [3.8, 4) is 0 Å². The van der Waals surface area contributed by atoms with Gasteiger partial charge in [0, 0.05) is 32.3 Å². The second-order valence-electron chi connectivity index (χ2n) is 3.17. The zero-order valence-electron chi connectivity index (χ0n) is 7.39. The Hall–Kier alpha value is -1.36. The van der Waals surface area contributed by atoms with Gasteiger partial charge in [0.25, 0.3) is 5.56 Å².